The van der Waals surface area contributed by atoms with Crippen LogP contribution in [0.3, 0.4) is 0 Å². The third kappa shape index (κ3) is 4.02. The van der Waals surface area contributed by atoms with Crippen LogP contribution < -0.4 is 5.32 Å². The van der Waals surface area contributed by atoms with Crippen LogP contribution >= 0.6 is 22.9 Å². The van der Waals surface area contributed by atoms with Gasteiger partial charge in [0, 0.05) is 23.2 Å². The Hall–Kier alpha value is -1.31. The Morgan fingerprint density at radius 3 is 2.79 bits per heavy atom. The standard InChI is InChI=1S/C16H15ClF3NO2S/c17-13-11-4-3-10(16(18,19)20)7-12(11)24-14(13)15(22)21-5-6-23-8-9-1-2-9/h3-4,7,9H,1-2,5-6,8H2,(H,21,22). The van der Waals surface area contributed by atoms with Gasteiger partial charge in [0.1, 0.15) is 4.88 Å². The van der Waals surface area contributed by atoms with Crippen molar-refractivity contribution in [2.75, 3.05) is 19.8 Å². The largest absolute Gasteiger partial charge is 0.416 e. The molecule has 0 saturated heterocycles. The topological polar surface area (TPSA) is 38.3 Å². The zero-order chi connectivity index (χ0) is 17.3. The maximum Gasteiger partial charge on any atom is 0.416 e. The number of carbonyl (C=O) groups is 1. The summed E-state index contributed by atoms with van der Waals surface area (Å²) in [6.45, 7) is 1.45. The predicted molar refractivity (Wildman–Crippen MR) is 87.7 cm³/mol. The Bertz CT molecular complexity index is 756. The van der Waals surface area contributed by atoms with Gasteiger partial charge < -0.3 is 10.1 Å². The summed E-state index contributed by atoms with van der Waals surface area (Å²) >= 11 is 7.10. The van der Waals surface area contributed by atoms with Crippen LogP contribution in [0.1, 0.15) is 28.1 Å². The van der Waals surface area contributed by atoms with Crippen LogP contribution in [-0.2, 0) is 10.9 Å². The highest BCUT2D eigenvalue weighted by atomic mass is 35.5. The van der Waals surface area contributed by atoms with Gasteiger partial charge in [-0.15, -0.1) is 11.3 Å². The highest BCUT2D eigenvalue weighted by Gasteiger charge is 2.31. The molecule has 0 spiro atoms. The Morgan fingerprint density at radius 1 is 1.38 bits per heavy atom. The number of amides is 1. The summed E-state index contributed by atoms with van der Waals surface area (Å²) in [5.74, 6) is 0.255. The van der Waals surface area contributed by atoms with E-state index in [1.165, 1.54) is 18.9 Å². The van der Waals surface area contributed by atoms with Gasteiger partial charge in [-0.2, -0.15) is 13.2 Å². The van der Waals surface area contributed by atoms with Gasteiger partial charge in [-0.25, -0.2) is 0 Å². The first-order valence-corrected chi connectivity index (χ1v) is 8.71. The Morgan fingerprint density at radius 2 is 2.12 bits per heavy atom. The number of hydrogen-bond donors (Lipinski definition) is 1. The second-order valence-corrected chi connectivity index (χ2v) is 7.16. The lowest BCUT2D eigenvalue weighted by Crippen LogP contribution is -2.27. The minimum Gasteiger partial charge on any atom is -0.379 e. The van der Waals surface area contributed by atoms with Crippen LogP contribution in [0.5, 0.6) is 0 Å². The molecule has 0 aliphatic heterocycles. The van der Waals surface area contributed by atoms with Crippen molar-refractivity contribution in [2.24, 2.45) is 5.92 Å². The average molecular weight is 378 g/mol. The molecule has 8 heteroatoms. The molecule has 1 amide bonds. The van der Waals surface area contributed by atoms with E-state index in [0.717, 1.165) is 23.5 Å². The highest BCUT2D eigenvalue weighted by Crippen LogP contribution is 2.39. The molecule has 1 N–H and O–H groups in total. The summed E-state index contributed by atoms with van der Waals surface area (Å²) in [6, 6.07) is 3.28. The van der Waals surface area contributed by atoms with E-state index in [2.05, 4.69) is 5.32 Å². The molecular weight excluding hydrogens is 363 g/mol. The van der Waals surface area contributed by atoms with E-state index in [-0.39, 0.29) is 9.90 Å². The smallest absolute Gasteiger partial charge is 0.379 e. The fourth-order valence-corrected chi connectivity index (χ4v) is 3.71. The molecule has 1 saturated carbocycles. The lowest BCUT2D eigenvalue weighted by atomic mass is 10.1. The molecule has 1 aromatic heterocycles. The number of halogens is 4. The van der Waals surface area contributed by atoms with Gasteiger partial charge in [-0.3, -0.25) is 4.79 Å². The van der Waals surface area contributed by atoms with Crippen molar-refractivity contribution in [1.29, 1.82) is 0 Å². The predicted octanol–water partition coefficient (Wildman–Crippen LogP) is 4.73. The lowest BCUT2D eigenvalue weighted by Gasteiger charge is -2.05. The maximum atomic E-state index is 12.8. The average Bonchev–Trinajstić information content (AvgIpc) is 3.29. The first-order valence-electron chi connectivity index (χ1n) is 7.51. The molecule has 2 aromatic rings. The molecule has 3 nitrogen and oxygen atoms in total. The summed E-state index contributed by atoms with van der Waals surface area (Å²) in [4.78, 5) is 12.4. The van der Waals surface area contributed by atoms with Gasteiger partial charge in [-0.05, 0) is 30.9 Å². The number of hydrogen-bond acceptors (Lipinski definition) is 3. The molecule has 0 unspecified atom stereocenters. The first-order chi connectivity index (χ1) is 11.4. The van der Waals surface area contributed by atoms with Crippen LogP contribution in [0.2, 0.25) is 5.02 Å². The number of ether oxygens (including phenoxy) is 1. The molecule has 1 aromatic carbocycles. The van der Waals surface area contributed by atoms with Crippen molar-refractivity contribution in [3.05, 3.63) is 33.7 Å². The van der Waals surface area contributed by atoms with Crippen molar-refractivity contribution in [2.45, 2.75) is 19.0 Å². The molecule has 0 bridgehead atoms. The van der Waals surface area contributed by atoms with Crippen LogP contribution in [0.25, 0.3) is 10.1 Å². The number of benzene rings is 1. The van der Waals surface area contributed by atoms with Crippen molar-refractivity contribution in [3.8, 4) is 0 Å². The monoisotopic (exact) mass is 377 g/mol. The third-order valence-corrected chi connectivity index (χ3v) is 5.40. The number of rotatable bonds is 6. The lowest BCUT2D eigenvalue weighted by molar-refractivity contribution is -0.137. The summed E-state index contributed by atoms with van der Waals surface area (Å²) in [5, 5.41) is 3.31. The van der Waals surface area contributed by atoms with E-state index in [9.17, 15) is 18.0 Å². The highest BCUT2D eigenvalue weighted by molar-refractivity contribution is 7.21. The van der Waals surface area contributed by atoms with E-state index < -0.39 is 17.6 Å². The van der Waals surface area contributed by atoms with Gasteiger partial charge in [0.2, 0.25) is 0 Å². The molecular formula is C16H15ClF3NO2S. The molecule has 1 aliphatic rings. The fourth-order valence-electron chi connectivity index (χ4n) is 2.24. The number of carbonyl (C=O) groups excluding carboxylic acids is 1. The number of fused-ring (bicyclic) bond motifs is 1. The van der Waals surface area contributed by atoms with Crippen LogP contribution in [0.4, 0.5) is 13.2 Å². The van der Waals surface area contributed by atoms with Crippen LogP contribution in [-0.4, -0.2) is 25.7 Å². The van der Waals surface area contributed by atoms with E-state index in [1.54, 1.807) is 0 Å². The first kappa shape index (κ1) is 17.5. The zero-order valence-corrected chi connectivity index (χ0v) is 14.2. The summed E-state index contributed by atoms with van der Waals surface area (Å²) in [7, 11) is 0. The van der Waals surface area contributed by atoms with Crippen molar-refractivity contribution in [3.63, 3.8) is 0 Å². The molecule has 1 heterocycles. The van der Waals surface area contributed by atoms with Crippen LogP contribution in [0, 0.1) is 5.92 Å². The van der Waals surface area contributed by atoms with Gasteiger partial charge in [0.25, 0.3) is 5.91 Å². The second kappa shape index (κ2) is 6.90. The Kier molecular flexibility index (Phi) is 5.03. The van der Waals surface area contributed by atoms with Crippen molar-refractivity contribution < 1.29 is 22.7 Å². The molecule has 24 heavy (non-hydrogen) atoms. The van der Waals surface area contributed by atoms with E-state index >= 15 is 0 Å². The number of thiophene rings is 1. The number of alkyl halides is 3. The van der Waals surface area contributed by atoms with E-state index in [0.29, 0.717) is 35.8 Å². The molecule has 130 valence electrons. The molecule has 0 radical (unpaired) electrons. The molecule has 0 atom stereocenters. The maximum absolute atomic E-state index is 12.8. The fraction of sp³-hybridized carbons (Fsp3) is 0.438. The normalized spacial score (nSPS) is 15.0. The van der Waals surface area contributed by atoms with Crippen molar-refractivity contribution >= 4 is 38.9 Å². The van der Waals surface area contributed by atoms with Gasteiger partial charge in [0.15, 0.2) is 0 Å². The zero-order valence-electron chi connectivity index (χ0n) is 12.6. The third-order valence-electron chi connectivity index (χ3n) is 3.75. The van der Waals surface area contributed by atoms with Crippen molar-refractivity contribution in [1.82, 2.24) is 5.32 Å². The molecule has 1 fully saturated rings. The van der Waals surface area contributed by atoms with Gasteiger partial charge in [0.05, 0.1) is 17.2 Å². The summed E-state index contributed by atoms with van der Waals surface area (Å²) < 4.78 is 44.0. The SMILES string of the molecule is O=C(NCCOCC1CC1)c1sc2cc(C(F)(F)F)ccc2c1Cl. The minimum absolute atomic E-state index is 0.181. The Labute approximate surface area is 145 Å². The summed E-state index contributed by atoms with van der Waals surface area (Å²) in [5.41, 5.74) is -0.756. The molecule has 3 rings (SSSR count). The summed E-state index contributed by atoms with van der Waals surface area (Å²) in [6.07, 6.45) is -2.03. The minimum atomic E-state index is -4.42. The van der Waals surface area contributed by atoms with E-state index in [1.807, 2.05) is 0 Å². The Balaban J connectivity index is 1.66. The quantitative estimate of drug-likeness (QED) is 0.739. The van der Waals surface area contributed by atoms with Gasteiger partial charge in [-0.1, -0.05) is 17.7 Å². The number of nitrogens with one attached hydrogen (secondary N) is 1. The molecule has 1 aliphatic carbocycles. The van der Waals surface area contributed by atoms with Gasteiger partial charge >= 0.3 is 6.18 Å². The van der Waals surface area contributed by atoms with E-state index in [4.69, 9.17) is 16.3 Å². The van der Waals surface area contributed by atoms with Crippen LogP contribution in [0.15, 0.2) is 18.2 Å². The second-order valence-electron chi connectivity index (χ2n) is 5.73.